The van der Waals surface area contributed by atoms with Gasteiger partial charge in [0.05, 0.1) is 18.1 Å². The maximum Gasteiger partial charge on any atom is 0.389 e. The average Bonchev–Trinajstić information content (AvgIpc) is 3.07. The molecule has 0 saturated heterocycles. The van der Waals surface area contributed by atoms with Gasteiger partial charge < -0.3 is 0 Å². The molecule has 3 heterocycles. The lowest BCUT2D eigenvalue weighted by Gasteiger charge is -2.04. The van der Waals surface area contributed by atoms with E-state index in [0.29, 0.717) is 5.78 Å². The second kappa shape index (κ2) is 5.49. The molecule has 5 aromatic rings. The van der Waals surface area contributed by atoms with Crippen LogP contribution in [-0.4, -0.2) is 19.6 Å². The van der Waals surface area contributed by atoms with E-state index in [0.717, 1.165) is 28.3 Å². The molecule has 0 aliphatic heterocycles. The van der Waals surface area contributed by atoms with E-state index >= 15 is 0 Å². The van der Waals surface area contributed by atoms with E-state index in [2.05, 4.69) is 40.4 Å². The summed E-state index contributed by atoms with van der Waals surface area (Å²) in [5, 5.41) is 4.59. The lowest BCUT2D eigenvalue weighted by atomic mass is 10.1. The first kappa shape index (κ1) is 13.8. The maximum atomic E-state index is 4.76. The van der Waals surface area contributed by atoms with Crippen LogP contribution < -0.4 is 4.40 Å². The van der Waals surface area contributed by atoms with Gasteiger partial charge in [0.25, 0.3) is 0 Å². The molecule has 0 radical (unpaired) electrons. The Morgan fingerprint density at radius 1 is 0.800 bits per heavy atom. The Hall–Kier alpha value is -3.60. The van der Waals surface area contributed by atoms with E-state index in [-0.39, 0.29) is 0 Å². The number of nitrogens with zero attached hydrogens (tertiary/aromatic N) is 5. The summed E-state index contributed by atoms with van der Waals surface area (Å²) in [5.41, 5.74) is 4.06. The average molecular weight is 324 g/mol. The summed E-state index contributed by atoms with van der Waals surface area (Å²) in [6, 6.07) is 24.3. The van der Waals surface area contributed by atoms with Gasteiger partial charge in [0, 0.05) is 22.3 Å². The highest BCUT2D eigenvalue weighted by Crippen LogP contribution is 2.23. The molecule has 5 heteroatoms. The fraction of sp³-hybridized carbons (Fsp3) is 0. The van der Waals surface area contributed by atoms with Crippen molar-refractivity contribution in [3.8, 4) is 22.5 Å². The number of benzene rings is 2. The molecule has 0 aliphatic rings. The van der Waals surface area contributed by atoms with Crippen molar-refractivity contribution in [1.29, 1.82) is 0 Å². The molecular formula is C20H14N5+. The lowest BCUT2D eigenvalue weighted by molar-refractivity contribution is -0.475. The monoisotopic (exact) mass is 324 g/mol. The zero-order chi connectivity index (χ0) is 16.6. The van der Waals surface area contributed by atoms with Gasteiger partial charge in [-0.2, -0.15) is 4.40 Å². The Kier molecular flexibility index (Phi) is 3.03. The van der Waals surface area contributed by atoms with Crippen LogP contribution in [0.4, 0.5) is 0 Å². The number of hydrogen-bond donors (Lipinski definition) is 0. The lowest BCUT2D eigenvalue weighted by Crippen LogP contribution is -2.26. The van der Waals surface area contributed by atoms with E-state index in [1.54, 1.807) is 10.7 Å². The van der Waals surface area contributed by atoms with E-state index < -0.39 is 0 Å². The van der Waals surface area contributed by atoms with Crippen molar-refractivity contribution in [1.82, 2.24) is 19.6 Å². The third kappa shape index (κ3) is 2.25. The van der Waals surface area contributed by atoms with Crippen LogP contribution in [0.2, 0.25) is 0 Å². The molecule has 0 amide bonds. The minimum absolute atomic E-state index is 0.624. The Bertz CT molecular complexity index is 1180. The number of fused-ring (bicyclic) bond motifs is 3. The van der Waals surface area contributed by atoms with E-state index in [1.165, 1.54) is 0 Å². The highest BCUT2D eigenvalue weighted by Gasteiger charge is 2.21. The number of rotatable bonds is 2. The molecule has 0 atom stereocenters. The van der Waals surface area contributed by atoms with Crippen LogP contribution in [0.5, 0.6) is 0 Å². The molecule has 0 spiro atoms. The normalized spacial score (nSPS) is 11.2. The van der Waals surface area contributed by atoms with E-state index in [4.69, 9.17) is 4.98 Å². The molecule has 2 aromatic carbocycles. The molecule has 0 bridgehead atoms. The van der Waals surface area contributed by atoms with Gasteiger partial charge in [0.2, 0.25) is 0 Å². The molecule has 3 aromatic heterocycles. The SMILES string of the molecule is c1ccc(-c2cc(-c3ccccc3)[n+]3c(n2)nn2cccnc23)cc1. The molecule has 5 rings (SSSR count). The second-order valence-corrected chi connectivity index (χ2v) is 5.76. The summed E-state index contributed by atoms with van der Waals surface area (Å²) >= 11 is 0. The third-order valence-corrected chi connectivity index (χ3v) is 4.18. The summed E-state index contributed by atoms with van der Waals surface area (Å²) in [5.74, 6) is 1.36. The summed E-state index contributed by atoms with van der Waals surface area (Å²) in [7, 11) is 0. The molecule has 0 aliphatic carbocycles. The summed E-state index contributed by atoms with van der Waals surface area (Å²) < 4.78 is 3.74. The zero-order valence-corrected chi connectivity index (χ0v) is 13.3. The molecule has 118 valence electrons. The molecule has 0 fully saturated rings. The summed E-state index contributed by atoms with van der Waals surface area (Å²) in [6.45, 7) is 0. The molecule has 0 saturated carbocycles. The van der Waals surface area contributed by atoms with Gasteiger partial charge in [-0.25, -0.2) is 0 Å². The van der Waals surface area contributed by atoms with Crippen LogP contribution in [0.1, 0.15) is 0 Å². The van der Waals surface area contributed by atoms with Gasteiger partial charge in [0.1, 0.15) is 5.69 Å². The van der Waals surface area contributed by atoms with Crippen molar-refractivity contribution >= 4 is 11.6 Å². The summed E-state index contributed by atoms with van der Waals surface area (Å²) in [4.78, 5) is 9.24. The zero-order valence-electron chi connectivity index (χ0n) is 13.3. The quantitative estimate of drug-likeness (QED) is 0.469. The highest BCUT2D eigenvalue weighted by molar-refractivity contribution is 5.67. The van der Waals surface area contributed by atoms with Gasteiger partial charge in [-0.15, -0.1) is 14.5 Å². The number of aromatic nitrogens is 5. The van der Waals surface area contributed by atoms with Gasteiger partial charge in [-0.1, -0.05) is 60.7 Å². The van der Waals surface area contributed by atoms with Gasteiger partial charge >= 0.3 is 11.6 Å². The van der Waals surface area contributed by atoms with Crippen molar-refractivity contribution in [3.63, 3.8) is 0 Å². The number of hydrogen-bond acceptors (Lipinski definition) is 3. The van der Waals surface area contributed by atoms with Crippen molar-refractivity contribution < 1.29 is 4.40 Å². The topological polar surface area (TPSA) is 47.2 Å². The second-order valence-electron chi connectivity index (χ2n) is 5.76. The highest BCUT2D eigenvalue weighted by atomic mass is 15.4. The van der Waals surface area contributed by atoms with Crippen LogP contribution in [-0.2, 0) is 0 Å². The third-order valence-electron chi connectivity index (χ3n) is 4.18. The van der Waals surface area contributed by atoms with E-state index in [9.17, 15) is 0 Å². The van der Waals surface area contributed by atoms with Crippen molar-refractivity contribution in [2.75, 3.05) is 0 Å². The minimum atomic E-state index is 0.624. The Morgan fingerprint density at radius 3 is 2.28 bits per heavy atom. The van der Waals surface area contributed by atoms with Crippen molar-refractivity contribution in [2.24, 2.45) is 0 Å². The largest absolute Gasteiger partial charge is 0.389 e. The first-order valence-electron chi connectivity index (χ1n) is 8.07. The molecular weight excluding hydrogens is 310 g/mol. The Balaban J connectivity index is 1.90. The molecule has 5 nitrogen and oxygen atoms in total. The smallest absolute Gasteiger partial charge is 0.174 e. The maximum absolute atomic E-state index is 4.76. The van der Waals surface area contributed by atoms with Gasteiger partial charge in [-0.3, -0.25) is 0 Å². The van der Waals surface area contributed by atoms with Crippen molar-refractivity contribution in [3.05, 3.63) is 85.2 Å². The van der Waals surface area contributed by atoms with Gasteiger partial charge in [0.15, 0.2) is 0 Å². The van der Waals surface area contributed by atoms with Crippen LogP contribution in [0.3, 0.4) is 0 Å². The fourth-order valence-corrected chi connectivity index (χ4v) is 3.02. The Labute approximate surface area is 143 Å². The molecule has 25 heavy (non-hydrogen) atoms. The Morgan fingerprint density at radius 2 is 1.52 bits per heavy atom. The van der Waals surface area contributed by atoms with Gasteiger partial charge in [-0.05, 0) is 6.07 Å². The first-order valence-corrected chi connectivity index (χ1v) is 8.07. The summed E-state index contributed by atoms with van der Waals surface area (Å²) in [6.07, 6.45) is 3.65. The first-order chi connectivity index (χ1) is 12.4. The fourth-order valence-electron chi connectivity index (χ4n) is 3.02. The minimum Gasteiger partial charge on any atom is -0.174 e. The predicted molar refractivity (Wildman–Crippen MR) is 94.8 cm³/mol. The molecule has 0 N–H and O–H groups in total. The van der Waals surface area contributed by atoms with Crippen LogP contribution in [0.15, 0.2) is 85.2 Å². The molecule has 0 unspecified atom stereocenters. The van der Waals surface area contributed by atoms with Crippen LogP contribution in [0, 0.1) is 0 Å². The van der Waals surface area contributed by atoms with Crippen LogP contribution in [0.25, 0.3) is 34.1 Å². The predicted octanol–water partition coefficient (Wildman–Crippen LogP) is 3.20. The van der Waals surface area contributed by atoms with Crippen molar-refractivity contribution in [2.45, 2.75) is 0 Å². The van der Waals surface area contributed by atoms with E-state index in [1.807, 2.05) is 53.1 Å². The van der Waals surface area contributed by atoms with Crippen LogP contribution >= 0.6 is 0 Å². The standard InChI is InChI=1S/C20H14N5/c1-3-8-15(9-4-1)17-14-18(16-10-5-2-6-11-16)25-19(22-17)23-24-13-7-12-21-20(24)25/h1-14H/q+1.